The van der Waals surface area contributed by atoms with Crippen LogP contribution in [-0.2, 0) is 11.2 Å². The average Bonchev–Trinajstić information content (AvgIpc) is 2.95. The molecule has 2 aromatic carbocycles. The number of hydrogen-bond acceptors (Lipinski definition) is 2. The summed E-state index contributed by atoms with van der Waals surface area (Å²) >= 11 is 0. The lowest BCUT2D eigenvalue weighted by molar-refractivity contribution is 0.0230. The molecule has 0 unspecified atom stereocenters. The van der Waals surface area contributed by atoms with E-state index in [1.807, 2.05) is 18.2 Å². The fraction of sp³-hybridized carbons (Fsp3) is 0.588. The molecule has 0 aliphatic heterocycles. The maximum Gasteiger partial charge on any atom is 0.162 e. The lowest BCUT2D eigenvalue weighted by Gasteiger charge is -2.30. The minimum atomic E-state index is -0.667. The fourth-order valence-corrected chi connectivity index (χ4v) is 6.36. The Morgan fingerprint density at radius 1 is 0.846 bits per heavy atom. The molecule has 5 heteroatoms. The topological polar surface area (TPSA) is 18.5 Å². The molecule has 2 aliphatic rings. The van der Waals surface area contributed by atoms with Crippen molar-refractivity contribution in [1.29, 1.82) is 0 Å². The highest BCUT2D eigenvalue weighted by Gasteiger charge is 2.28. The van der Waals surface area contributed by atoms with Crippen LogP contribution in [-0.4, -0.2) is 19.3 Å². The summed E-state index contributed by atoms with van der Waals surface area (Å²) in [5, 5.41) is 0. The minimum Gasteiger partial charge on any atom is -0.493 e. The van der Waals surface area contributed by atoms with Crippen LogP contribution in [0.25, 0.3) is 0 Å². The molecule has 0 bridgehead atoms. The molecule has 0 spiro atoms. The number of halogens is 3. The Morgan fingerprint density at radius 3 is 2.23 bits per heavy atom. The van der Waals surface area contributed by atoms with Crippen LogP contribution < -0.4 is 4.74 Å². The van der Waals surface area contributed by atoms with Crippen LogP contribution in [0, 0.1) is 23.4 Å². The first-order chi connectivity index (χ1) is 19.0. The Balaban J connectivity index is 1.24. The van der Waals surface area contributed by atoms with E-state index in [-0.39, 0.29) is 23.8 Å². The number of rotatable bonds is 13. The summed E-state index contributed by atoms with van der Waals surface area (Å²) in [6.45, 7) is 7.11. The monoisotopic (exact) mass is 542 g/mol. The van der Waals surface area contributed by atoms with Gasteiger partial charge in [-0.05, 0) is 118 Å². The quantitative estimate of drug-likeness (QED) is 0.185. The van der Waals surface area contributed by atoms with E-state index in [2.05, 4.69) is 13.5 Å². The Morgan fingerprint density at radius 2 is 1.54 bits per heavy atom. The molecular weight excluding hydrogens is 497 g/mol. The second kappa shape index (κ2) is 14.9. The predicted octanol–water partition coefficient (Wildman–Crippen LogP) is 9.81. The summed E-state index contributed by atoms with van der Waals surface area (Å²) in [7, 11) is 0. The maximum atomic E-state index is 15.1. The molecule has 2 fully saturated rings. The van der Waals surface area contributed by atoms with Crippen molar-refractivity contribution >= 4 is 0 Å². The number of benzene rings is 2. The van der Waals surface area contributed by atoms with E-state index in [0.717, 1.165) is 89.2 Å². The van der Waals surface area contributed by atoms with E-state index in [1.54, 1.807) is 12.1 Å². The van der Waals surface area contributed by atoms with Crippen LogP contribution >= 0.6 is 0 Å². The lowest BCUT2D eigenvalue weighted by atomic mass is 9.76. The molecule has 0 amide bonds. The summed E-state index contributed by atoms with van der Waals surface area (Å²) in [6.07, 6.45) is 13.6. The highest BCUT2D eigenvalue weighted by Crippen LogP contribution is 2.40. The SMILES string of the molecule is C=CCCOc1ccc(C2CCC(CCc3ccc(C4CCC(OCCCC)CC4)c(F)c3F)CC2)c(F)c1. The third-order valence-electron chi connectivity index (χ3n) is 8.83. The van der Waals surface area contributed by atoms with Gasteiger partial charge in [0.25, 0.3) is 0 Å². The number of aryl methyl sites for hydroxylation is 1. The number of hydrogen-bond donors (Lipinski definition) is 0. The van der Waals surface area contributed by atoms with E-state index in [9.17, 15) is 4.39 Å². The van der Waals surface area contributed by atoms with E-state index in [0.29, 0.717) is 35.8 Å². The first kappa shape index (κ1) is 29.7. The average molecular weight is 543 g/mol. The number of unbranched alkanes of at least 4 members (excludes halogenated alkanes) is 1. The van der Waals surface area contributed by atoms with Crippen LogP contribution in [0.5, 0.6) is 5.75 Å². The van der Waals surface area contributed by atoms with Crippen LogP contribution in [0.4, 0.5) is 13.2 Å². The summed E-state index contributed by atoms with van der Waals surface area (Å²) in [6, 6.07) is 8.81. The smallest absolute Gasteiger partial charge is 0.162 e. The van der Waals surface area contributed by atoms with Crippen LogP contribution in [0.15, 0.2) is 43.0 Å². The van der Waals surface area contributed by atoms with Gasteiger partial charge in [-0.2, -0.15) is 0 Å². The molecule has 2 aliphatic carbocycles. The second-order valence-electron chi connectivity index (χ2n) is 11.5. The molecule has 0 radical (unpaired) electrons. The highest BCUT2D eigenvalue weighted by molar-refractivity contribution is 5.32. The van der Waals surface area contributed by atoms with Gasteiger partial charge in [-0.25, -0.2) is 13.2 Å². The van der Waals surface area contributed by atoms with Crippen LogP contribution in [0.1, 0.15) is 112 Å². The zero-order chi connectivity index (χ0) is 27.6. The van der Waals surface area contributed by atoms with Gasteiger partial charge in [0, 0.05) is 12.7 Å². The van der Waals surface area contributed by atoms with Gasteiger partial charge in [0.05, 0.1) is 12.7 Å². The molecule has 4 rings (SSSR count). The summed E-state index contributed by atoms with van der Waals surface area (Å²) < 4.78 is 56.4. The van der Waals surface area contributed by atoms with Crippen molar-refractivity contribution in [3.05, 3.63) is 77.1 Å². The van der Waals surface area contributed by atoms with E-state index >= 15 is 8.78 Å². The predicted molar refractivity (Wildman–Crippen MR) is 152 cm³/mol. The van der Waals surface area contributed by atoms with Gasteiger partial charge in [-0.3, -0.25) is 0 Å². The zero-order valence-electron chi connectivity index (χ0n) is 23.5. The van der Waals surface area contributed by atoms with Gasteiger partial charge in [-0.1, -0.05) is 37.6 Å². The Hall–Kier alpha value is -2.27. The summed E-state index contributed by atoms with van der Waals surface area (Å²) in [4.78, 5) is 0. The van der Waals surface area contributed by atoms with Gasteiger partial charge < -0.3 is 9.47 Å². The van der Waals surface area contributed by atoms with Crippen molar-refractivity contribution in [1.82, 2.24) is 0 Å². The molecule has 39 heavy (non-hydrogen) atoms. The van der Waals surface area contributed by atoms with Gasteiger partial charge in [0.1, 0.15) is 11.6 Å². The van der Waals surface area contributed by atoms with Crippen molar-refractivity contribution in [2.45, 2.75) is 108 Å². The van der Waals surface area contributed by atoms with E-state index in [4.69, 9.17) is 9.47 Å². The first-order valence-electron chi connectivity index (χ1n) is 15.1. The van der Waals surface area contributed by atoms with Gasteiger partial charge in [0.15, 0.2) is 11.6 Å². The lowest BCUT2D eigenvalue weighted by Crippen LogP contribution is -2.22. The van der Waals surface area contributed by atoms with Gasteiger partial charge in [-0.15, -0.1) is 6.58 Å². The maximum absolute atomic E-state index is 15.1. The standard InChI is InChI=1S/C34H45F3O2/c1-3-5-21-38-28-16-13-26(14-17-28)31-19-15-27(33(36)34(31)37)12-9-24-7-10-25(11-8-24)30-20-18-29(23-32(30)35)39-22-6-4-2/h4,15,18-20,23-26,28H,2-3,5-14,16-17,21-22H2,1H3. The molecule has 0 saturated heterocycles. The van der Waals surface area contributed by atoms with Gasteiger partial charge in [0.2, 0.25) is 0 Å². The van der Waals surface area contributed by atoms with Crippen molar-refractivity contribution in [2.75, 3.05) is 13.2 Å². The Bertz CT molecular complexity index is 1050. The first-order valence-corrected chi connectivity index (χ1v) is 15.1. The van der Waals surface area contributed by atoms with Crippen molar-refractivity contribution in [2.24, 2.45) is 5.92 Å². The Kier molecular flexibility index (Phi) is 11.4. The fourth-order valence-electron chi connectivity index (χ4n) is 6.36. The van der Waals surface area contributed by atoms with Crippen LogP contribution in [0.3, 0.4) is 0 Å². The molecule has 0 aromatic heterocycles. The van der Waals surface area contributed by atoms with E-state index in [1.165, 1.54) is 6.07 Å². The number of ether oxygens (including phenoxy) is 2. The molecule has 2 saturated carbocycles. The normalized spacial score (nSPS) is 23.5. The molecule has 2 nitrogen and oxygen atoms in total. The molecule has 2 aromatic rings. The third kappa shape index (κ3) is 8.13. The van der Waals surface area contributed by atoms with Crippen molar-refractivity contribution in [3.8, 4) is 5.75 Å². The largest absolute Gasteiger partial charge is 0.493 e. The van der Waals surface area contributed by atoms with Crippen LogP contribution in [0.2, 0.25) is 0 Å². The Labute approximate surface area is 233 Å². The summed E-state index contributed by atoms with van der Waals surface area (Å²) in [5.74, 6) is -0.247. The van der Waals surface area contributed by atoms with E-state index < -0.39 is 11.6 Å². The third-order valence-corrected chi connectivity index (χ3v) is 8.83. The highest BCUT2D eigenvalue weighted by atomic mass is 19.2. The molecular formula is C34H45F3O2. The van der Waals surface area contributed by atoms with Crippen molar-refractivity contribution in [3.63, 3.8) is 0 Å². The minimum absolute atomic E-state index is 0.0722. The van der Waals surface area contributed by atoms with Gasteiger partial charge >= 0.3 is 0 Å². The molecule has 0 heterocycles. The zero-order valence-corrected chi connectivity index (χ0v) is 23.5. The molecule has 214 valence electrons. The summed E-state index contributed by atoms with van der Waals surface area (Å²) in [5.41, 5.74) is 1.77. The molecule has 0 atom stereocenters. The van der Waals surface area contributed by atoms with Crippen molar-refractivity contribution < 1.29 is 22.6 Å². The molecule has 0 N–H and O–H groups in total. The second-order valence-corrected chi connectivity index (χ2v) is 11.5.